The maximum atomic E-state index is 13.1. The lowest BCUT2D eigenvalue weighted by molar-refractivity contribution is -0.0391. The van der Waals surface area contributed by atoms with E-state index in [-0.39, 0.29) is 16.9 Å². The number of hydrogen-bond acceptors (Lipinski definition) is 7. The molecule has 42 heavy (non-hydrogen) atoms. The van der Waals surface area contributed by atoms with Gasteiger partial charge in [-0.05, 0) is 121 Å². The molecule has 5 aliphatic rings. The van der Waals surface area contributed by atoms with Gasteiger partial charge in [-0.3, -0.25) is 9.69 Å². The minimum atomic E-state index is -3.70. The number of piperazine rings is 1. The van der Waals surface area contributed by atoms with Crippen LogP contribution in [0.2, 0.25) is 0 Å². The minimum absolute atomic E-state index is 0.0836. The highest BCUT2D eigenvalue weighted by molar-refractivity contribution is 7.90. The second-order valence-corrected chi connectivity index (χ2v) is 16.0. The van der Waals surface area contributed by atoms with E-state index >= 15 is 0 Å². The van der Waals surface area contributed by atoms with Crippen LogP contribution in [0.4, 0.5) is 5.69 Å². The number of phenolic OH excluding ortho intramolecular Hbond substituents is 1. The molecule has 7 nitrogen and oxygen atoms in total. The lowest BCUT2D eigenvalue weighted by Crippen LogP contribution is -2.51. The number of carbonyl (C=O) groups excluding carboxylic acids is 1. The number of anilines is 1. The van der Waals surface area contributed by atoms with E-state index in [1.165, 1.54) is 24.1 Å². The van der Waals surface area contributed by atoms with Crippen LogP contribution in [0.15, 0.2) is 60.0 Å². The molecule has 1 aliphatic heterocycles. The van der Waals surface area contributed by atoms with Crippen LogP contribution in [0.1, 0.15) is 53.8 Å². The number of carbonyl (C=O) groups is 1. The normalized spacial score (nSPS) is 27.3. The monoisotopic (exact) mass is 605 g/mol. The fraction of sp³-hybridized carbons (Fsp3) is 0.485. The molecule has 0 unspecified atom stereocenters. The second-order valence-electron chi connectivity index (χ2n) is 13.3. The minimum Gasteiger partial charge on any atom is -0.508 e. The van der Waals surface area contributed by atoms with Crippen molar-refractivity contribution in [1.29, 1.82) is 0 Å². The van der Waals surface area contributed by atoms with Crippen molar-refractivity contribution in [3.8, 4) is 16.9 Å². The third kappa shape index (κ3) is 5.96. The average Bonchev–Trinajstić information content (AvgIpc) is 3.40. The molecule has 5 fully saturated rings. The Kier molecular flexibility index (Phi) is 7.31. The largest absolute Gasteiger partial charge is 0.508 e. The summed E-state index contributed by atoms with van der Waals surface area (Å²) >= 11 is 1.75. The van der Waals surface area contributed by atoms with E-state index in [9.17, 15) is 18.3 Å². The molecule has 0 radical (unpaired) electrons. The molecule has 0 atom stereocenters. The van der Waals surface area contributed by atoms with E-state index in [1.807, 2.05) is 24.3 Å². The van der Waals surface area contributed by atoms with E-state index in [4.69, 9.17) is 0 Å². The van der Waals surface area contributed by atoms with E-state index < -0.39 is 15.9 Å². The number of nitrogens with one attached hydrogen (secondary N) is 1. The summed E-state index contributed by atoms with van der Waals surface area (Å²) in [6, 6.07) is 16.9. The predicted octanol–water partition coefficient (Wildman–Crippen LogP) is 5.72. The molecule has 0 spiro atoms. The van der Waals surface area contributed by atoms with Crippen molar-refractivity contribution in [1.82, 2.24) is 9.62 Å². The lowest BCUT2D eigenvalue weighted by Gasteiger charge is -2.56. The Morgan fingerprint density at radius 1 is 0.905 bits per heavy atom. The van der Waals surface area contributed by atoms with Crippen LogP contribution in [0, 0.1) is 23.2 Å². The second kappa shape index (κ2) is 11.0. The van der Waals surface area contributed by atoms with Crippen LogP contribution in [-0.2, 0) is 16.6 Å². The summed E-state index contributed by atoms with van der Waals surface area (Å²) in [6.07, 6.45) is 6.81. The van der Waals surface area contributed by atoms with Crippen LogP contribution in [-0.4, -0.2) is 56.3 Å². The van der Waals surface area contributed by atoms with Crippen LogP contribution in [0.25, 0.3) is 11.1 Å². The van der Waals surface area contributed by atoms with Gasteiger partial charge in [-0.25, -0.2) is 13.1 Å². The first-order valence-corrected chi connectivity index (χ1v) is 17.7. The number of nitrogens with zero attached hydrogens (tertiary/aromatic N) is 2. The van der Waals surface area contributed by atoms with Crippen molar-refractivity contribution in [2.24, 2.45) is 23.2 Å². The Morgan fingerprint density at radius 3 is 2.21 bits per heavy atom. The zero-order valence-corrected chi connectivity index (χ0v) is 25.5. The van der Waals surface area contributed by atoms with Crippen LogP contribution < -0.4 is 9.62 Å². The highest BCUT2D eigenvalue weighted by Crippen LogP contribution is 2.60. The Balaban J connectivity index is 0.911. The highest BCUT2D eigenvalue weighted by atomic mass is 32.2. The maximum absolute atomic E-state index is 13.1. The number of phenols is 1. The van der Waals surface area contributed by atoms with Crippen molar-refractivity contribution >= 4 is 33.0 Å². The highest BCUT2D eigenvalue weighted by Gasteiger charge is 2.52. The lowest BCUT2D eigenvalue weighted by atomic mass is 9.50. The molecule has 2 aromatic carbocycles. The molecule has 4 saturated carbocycles. The Morgan fingerprint density at radius 2 is 1.57 bits per heavy atom. The van der Waals surface area contributed by atoms with Gasteiger partial charge in [-0.1, -0.05) is 12.1 Å². The summed E-state index contributed by atoms with van der Waals surface area (Å²) < 4.78 is 28.6. The van der Waals surface area contributed by atoms with Crippen molar-refractivity contribution in [2.75, 3.05) is 36.8 Å². The van der Waals surface area contributed by atoms with Gasteiger partial charge < -0.3 is 10.0 Å². The molecule has 1 saturated heterocycles. The molecular weight excluding hydrogens is 567 g/mol. The first-order valence-electron chi connectivity index (χ1n) is 15.2. The van der Waals surface area contributed by atoms with Crippen LogP contribution in [0.5, 0.6) is 5.75 Å². The number of amides is 1. The zero-order valence-electron chi connectivity index (χ0n) is 23.9. The Hall–Kier alpha value is -2.88. The Labute approximate surface area is 252 Å². The van der Waals surface area contributed by atoms with E-state index in [0.29, 0.717) is 23.3 Å². The molecule has 4 bridgehead atoms. The van der Waals surface area contributed by atoms with Crippen molar-refractivity contribution in [2.45, 2.75) is 45.1 Å². The van der Waals surface area contributed by atoms with Gasteiger partial charge in [0, 0.05) is 48.9 Å². The molecule has 1 aromatic heterocycles. The molecule has 4 aliphatic carbocycles. The van der Waals surface area contributed by atoms with Gasteiger partial charge in [0.25, 0.3) is 5.91 Å². The smallest absolute Gasteiger partial charge is 0.264 e. The van der Waals surface area contributed by atoms with Gasteiger partial charge in [-0.15, -0.1) is 11.3 Å². The molecular formula is C33H39N3O4S2. The van der Waals surface area contributed by atoms with Gasteiger partial charge >= 0.3 is 0 Å². The first-order chi connectivity index (χ1) is 20.2. The number of aromatic hydroxyl groups is 1. The third-order valence-corrected chi connectivity index (χ3v) is 12.4. The summed E-state index contributed by atoms with van der Waals surface area (Å²) in [5.41, 5.74) is 3.45. The van der Waals surface area contributed by atoms with Gasteiger partial charge in [0.2, 0.25) is 10.0 Å². The number of hydrogen-bond donors (Lipinski definition) is 2. The third-order valence-electron chi connectivity index (χ3n) is 9.99. The molecule has 3 aromatic rings. The Bertz CT molecular complexity index is 1520. The van der Waals surface area contributed by atoms with Gasteiger partial charge in [0.15, 0.2) is 0 Å². The molecule has 222 valence electrons. The topological polar surface area (TPSA) is 90.0 Å². The zero-order chi connectivity index (χ0) is 28.9. The average molecular weight is 606 g/mol. The fourth-order valence-electron chi connectivity index (χ4n) is 8.61. The summed E-state index contributed by atoms with van der Waals surface area (Å²) in [5.74, 6) is 1.86. The van der Waals surface area contributed by atoms with E-state index in [0.717, 1.165) is 68.8 Å². The number of rotatable bonds is 8. The van der Waals surface area contributed by atoms with E-state index in [1.54, 1.807) is 35.6 Å². The molecule has 1 amide bonds. The quantitative estimate of drug-likeness (QED) is 0.342. The van der Waals surface area contributed by atoms with Crippen LogP contribution >= 0.6 is 11.3 Å². The predicted molar refractivity (Wildman–Crippen MR) is 167 cm³/mol. The summed E-state index contributed by atoms with van der Waals surface area (Å²) in [6.45, 7) is 4.54. The van der Waals surface area contributed by atoms with Gasteiger partial charge in [0.1, 0.15) is 5.75 Å². The summed E-state index contributed by atoms with van der Waals surface area (Å²) in [5, 5.41) is 11.9. The summed E-state index contributed by atoms with van der Waals surface area (Å²) in [4.78, 5) is 19.0. The maximum Gasteiger partial charge on any atom is 0.264 e. The number of sulfonamides is 1. The number of benzene rings is 2. The number of thiophene rings is 1. The van der Waals surface area contributed by atoms with Crippen molar-refractivity contribution < 1.29 is 18.3 Å². The fourth-order valence-corrected chi connectivity index (χ4v) is 11.2. The first kappa shape index (κ1) is 27.9. The van der Waals surface area contributed by atoms with Gasteiger partial charge in [0.05, 0.1) is 5.75 Å². The standard InChI is InChI=1S/C33H39N3O4S2/c37-30-3-1-2-27(15-30)28-16-31(41-21-28)20-35-8-10-36(11-9-35)29-6-4-26(5-7-29)32(38)34-42(39,40)22-33-17-23-12-24(18-33)14-25(13-23)19-33/h1-7,15-16,21,23-25,37H,8-14,17-20,22H2,(H,34,38). The molecule has 2 N–H and O–H groups in total. The van der Waals surface area contributed by atoms with Crippen molar-refractivity contribution in [3.63, 3.8) is 0 Å². The summed E-state index contributed by atoms with van der Waals surface area (Å²) in [7, 11) is -3.70. The molecule has 8 rings (SSSR count). The SMILES string of the molecule is O=C(NS(=O)(=O)CC12CC3CC(CC(C3)C1)C2)c1ccc(N2CCN(Cc3cc(-c4cccc(O)c4)cs3)CC2)cc1. The molecule has 2 heterocycles. The van der Waals surface area contributed by atoms with Crippen LogP contribution in [0.3, 0.4) is 0 Å². The van der Waals surface area contributed by atoms with Gasteiger partial charge in [-0.2, -0.15) is 0 Å². The van der Waals surface area contributed by atoms with Crippen molar-refractivity contribution in [3.05, 3.63) is 70.4 Å². The van der Waals surface area contributed by atoms with E-state index in [2.05, 4.69) is 26.0 Å². The molecule has 9 heteroatoms.